The first-order valence-electron chi connectivity index (χ1n) is 7.29. The van der Waals surface area contributed by atoms with Gasteiger partial charge in [-0.25, -0.2) is 4.68 Å². The number of amides is 2. The summed E-state index contributed by atoms with van der Waals surface area (Å²) >= 11 is 0. The van der Waals surface area contributed by atoms with Gasteiger partial charge in [0.2, 0.25) is 5.91 Å². The summed E-state index contributed by atoms with van der Waals surface area (Å²) in [6.45, 7) is 0.315. The predicted molar refractivity (Wildman–Crippen MR) is 76.1 cm³/mol. The SMILES string of the molecule is NCC(NC(=O)c1cn(CC(N)=O)nn1)C1CCCCC1. The van der Waals surface area contributed by atoms with E-state index < -0.39 is 5.91 Å². The van der Waals surface area contributed by atoms with Gasteiger partial charge in [0.05, 0.1) is 6.20 Å². The molecule has 1 aliphatic rings. The van der Waals surface area contributed by atoms with Gasteiger partial charge < -0.3 is 16.8 Å². The average molecular weight is 294 g/mol. The summed E-state index contributed by atoms with van der Waals surface area (Å²) in [7, 11) is 0. The van der Waals surface area contributed by atoms with Crippen LogP contribution in [0.4, 0.5) is 0 Å². The topological polar surface area (TPSA) is 129 Å². The standard InChI is InChI=1S/C13H22N6O2/c14-6-10(9-4-2-1-3-5-9)16-13(21)11-7-19(18-17-11)8-12(15)20/h7,9-10H,1-6,8,14H2,(H2,15,20)(H,16,21). The minimum atomic E-state index is -0.533. The number of hydrogen-bond donors (Lipinski definition) is 3. The molecule has 8 heteroatoms. The Labute approximate surface area is 123 Å². The molecular formula is C13H22N6O2. The maximum absolute atomic E-state index is 12.2. The summed E-state index contributed by atoms with van der Waals surface area (Å²) < 4.78 is 1.25. The van der Waals surface area contributed by atoms with E-state index in [9.17, 15) is 9.59 Å². The first kappa shape index (κ1) is 15.4. The molecule has 2 amide bonds. The number of rotatable bonds is 6. The number of hydrogen-bond acceptors (Lipinski definition) is 5. The second kappa shape index (κ2) is 7.16. The zero-order valence-electron chi connectivity index (χ0n) is 12.0. The zero-order valence-corrected chi connectivity index (χ0v) is 12.0. The Morgan fingerprint density at radius 3 is 2.71 bits per heavy atom. The highest BCUT2D eigenvalue weighted by atomic mass is 16.2. The van der Waals surface area contributed by atoms with Crippen molar-refractivity contribution in [2.24, 2.45) is 17.4 Å². The minimum Gasteiger partial charge on any atom is -0.368 e. The third kappa shape index (κ3) is 4.25. The molecule has 1 heterocycles. The van der Waals surface area contributed by atoms with Crippen LogP contribution in [0.2, 0.25) is 0 Å². The van der Waals surface area contributed by atoms with Crippen molar-refractivity contribution in [3.05, 3.63) is 11.9 Å². The van der Waals surface area contributed by atoms with Crippen molar-refractivity contribution in [1.29, 1.82) is 0 Å². The molecule has 0 spiro atoms. The van der Waals surface area contributed by atoms with Gasteiger partial charge in [-0.2, -0.15) is 0 Å². The molecule has 2 rings (SSSR count). The van der Waals surface area contributed by atoms with Crippen LogP contribution >= 0.6 is 0 Å². The highest BCUT2D eigenvalue weighted by molar-refractivity contribution is 5.92. The minimum absolute atomic E-state index is 0.0425. The van der Waals surface area contributed by atoms with E-state index in [1.54, 1.807) is 0 Å². The Hall–Kier alpha value is -1.96. The molecule has 8 nitrogen and oxygen atoms in total. The fourth-order valence-electron chi connectivity index (χ4n) is 2.79. The summed E-state index contributed by atoms with van der Waals surface area (Å²) in [5, 5.41) is 10.4. The number of carbonyl (C=O) groups is 2. The van der Waals surface area contributed by atoms with E-state index in [2.05, 4.69) is 15.6 Å². The Morgan fingerprint density at radius 2 is 2.10 bits per heavy atom. The molecule has 1 unspecified atom stereocenters. The molecule has 0 aliphatic heterocycles. The van der Waals surface area contributed by atoms with Crippen LogP contribution < -0.4 is 16.8 Å². The molecule has 1 aliphatic carbocycles. The predicted octanol–water partition coefficient (Wildman–Crippen LogP) is -0.599. The molecule has 21 heavy (non-hydrogen) atoms. The van der Waals surface area contributed by atoms with Crippen LogP contribution in [0.1, 0.15) is 42.6 Å². The Bertz CT molecular complexity index is 495. The maximum Gasteiger partial charge on any atom is 0.273 e. The summed E-state index contributed by atoms with van der Waals surface area (Å²) in [4.78, 5) is 23.0. The summed E-state index contributed by atoms with van der Waals surface area (Å²) in [5.41, 5.74) is 11.0. The van der Waals surface area contributed by atoms with Crippen LogP contribution in [0, 0.1) is 5.92 Å². The fraction of sp³-hybridized carbons (Fsp3) is 0.692. The lowest BCUT2D eigenvalue weighted by molar-refractivity contribution is -0.118. The van der Waals surface area contributed by atoms with Gasteiger partial charge in [0.15, 0.2) is 5.69 Å². The molecule has 1 aromatic rings. The van der Waals surface area contributed by atoms with E-state index in [1.807, 2.05) is 0 Å². The van der Waals surface area contributed by atoms with E-state index in [0.717, 1.165) is 12.8 Å². The lowest BCUT2D eigenvalue weighted by Crippen LogP contribution is -2.46. The van der Waals surface area contributed by atoms with Crippen molar-refractivity contribution in [2.45, 2.75) is 44.7 Å². The van der Waals surface area contributed by atoms with Gasteiger partial charge in [-0.1, -0.05) is 24.5 Å². The molecule has 0 saturated heterocycles. The molecule has 1 aromatic heterocycles. The lowest BCUT2D eigenvalue weighted by atomic mass is 9.84. The van der Waals surface area contributed by atoms with Crippen molar-refractivity contribution >= 4 is 11.8 Å². The third-order valence-corrected chi connectivity index (χ3v) is 3.88. The number of carbonyl (C=O) groups excluding carboxylic acids is 2. The monoisotopic (exact) mass is 294 g/mol. The van der Waals surface area contributed by atoms with Gasteiger partial charge in [-0.05, 0) is 18.8 Å². The van der Waals surface area contributed by atoms with Crippen molar-refractivity contribution in [3.63, 3.8) is 0 Å². The highest BCUT2D eigenvalue weighted by Gasteiger charge is 2.25. The van der Waals surface area contributed by atoms with Gasteiger partial charge >= 0.3 is 0 Å². The summed E-state index contributed by atoms with van der Waals surface area (Å²) in [5.74, 6) is -0.422. The molecule has 1 atom stereocenters. The molecule has 116 valence electrons. The molecule has 5 N–H and O–H groups in total. The Morgan fingerprint density at radius 1 is 1.38 bits per heavy atom. The molecule has 1 saturated carbocycles. The Kier molecular flexibility index (Phi) is 5.26. The number of nitrogens with one attached hydrogen (secondary N) is 1. The fourth-order valence-corrected chi connectivity index (χ4v) is 2.79. The van der Waals surface area contributed by atoms with E-state index >= 15 is 0 Å². The number of primary amides is 1. The van der Waals surface area contributed by atoms with Crippen molar-refractivity contribution in [1.82, 2.24) is 20.3 Å². The number of nitrogens with zero attached hydrogens (tertiary/aromatic N) is 3. The molecule has 1 fully saturated rings. The van der Waals surface area contributed by atoms with Crippen molar-refractivity contribution in [3.8, 4) is 0 Å². The largest absolute Gasteiger partial charge is 0.368 e. The smallest absolute Gasteiger partial charge is 0.273 e. The van der Waals surface area contributed by atoms with Gasteiger partial charge in [0.25, 0.3) is 5.91 Å². The molecule has 0 radical (unpaired) electrons. The summed E-state index contributed by atoms with van der Waals surface area (Å²) in [6.07, 6.45) is 7.22. The first-order valence-corrected chi connectivity index (χ1v) is 7.29. The van der Waals surface area contributed by atoms with Crippen molar-refractivity contribution < 1.29 is 9.59 Å². The molecule has 0 bridgehead atoms. The lowest BCUT2D eigenvalue weighted by Gasteiger charge is -2.29. The van der Waals surface area contributed by atoms with Gasteiger partial charge in [0.1, 0.15) is 6.54 Å². The zero-order chi connectivity index (χ0) is 15.2. The van der Waals surface area contributed by atoms with E-state index in [4.69, 9.17) is 11.5 Å². The van der Waals surface area contributed by atoms with Gasteiger partial charge in [-0.15, -0.1) is 5.10 Å². The van der Waals surface area contributed by atoms with E-state index in [1.165, 1.54) is 30.1 Å². The number of nitrogens with two attached hydrogens (primary N) is 2. The normalized spacial score (nSPS) is 17.4. The van der Waals surface area contributed by atoms with Crippen LogP contribution in [0.5, 0.6) is 0 Å². The van der Waals surface area contributed by atoms with Gasteiger partial charge in [0, 0.05) is 12.6 Å². The quantitative estimate of drug-likeness (QED) is 0.645. The molecular weight excluding hydrogens is 272 g/mol. The van der Waals surface area contributed by atoms with Crippen LogP contribution in [0.3, 0.4) is 0 Å². The highest BCUT2D eigenvalue weighted by Crippen LogP contribution is 2.26. The Balaban J connectivity index is 1.95. The van der Waals surface area contributed by atoms with Crippen LogP contribution in [0.25, 0.3) is 0 Å². The van der Waals surface area contributed by atoms with Crippen LogP contribution in [-0.4, -0.2) is 39.4 Å². The third-order valence-electron chi connectivity index (χ3n) is 3.88. The van der Waals surface area contributed by atoms with E-state index in [-0.39, 0.29) is 24.2 Å². The van der Waals surface area contributed by atoms with Crippen LogP contribution in [0.15, 0.2) is 6.20 Å². The van der Waals surface area contributed by atoms with E-state index in [0.29, 0.717) is 12.5 Å². The maximum atomic E-state index is 12.2. The molecule has 0 aromatic carbocycles. The number of aromatic nitrogens is 3. The van der Waals surface area contributed by atoms with Crippen molar-refractivity contribution in [2.75, 3.05) is 6.54 Å². The second-order valence-corrected chi connectivity index (χ2v) is 5.48. The first-order chi connectivity index (χ1) is 10.1. The second-order valence-electron chi connectivity index (χ2n) is 5.48. The summed E-state index contributed by atoms with van der Waals surface area (Å²) in [6, 6.07) is -0.0425. The van der Waals surface area contributed by atoms with Crippen LogP contribution in [-0.2, 0) is 11.3 Å². The van der Waals surface area contributed by atoms with Gasteiger partial charge in [-0.3, -0.25) is 9.59 Å². The average Bonchev–Trinajstić information content (AvgIpc) is 2.93.